The number of benzene rings is 2. The molecule has 0 aliphatic carbocycles. The van der Waals surface area contributed by atoms with Gasteiger partial charge in [-0.15, -0.1) is 0 Å². The van der Waals surface area contributed by atoms with Crippen molar-refractivity contribution in [2.75, 3.05) is 5.73 Å². The summed E-state index contributed by atoms with van der Waals surface area (Å²) in [5.74, 6) is 3.03. The summed E-state index contributed by atoms with van der Waals surface area (Å²) < 4.78 is 8.18. The largest absolute Gasteiger partial charge is 0.456 e. The number of nitrogen functional groups attached to an aromatic ring is 1. The van der Waals surface area contributed by atoms with Gasteiger partial charge < -0.3 is 15.0 Å². The highest BCUT2D eigenvalue weighted by Gasteiger charge is 2.17. The molecule has 160 valence electrons. The fraction of sp³-hybridized carbons (Fsp3) is 0.192. The fourth-order valence-corrected chi connectivity index (χ4v) is 3.99. The van der Waals surface area contributed by atoms with E-state index in [4.69, 9.17) is 15.5 Å². The van der Waals surface area contributed by atoms with E-state index in [1.165, 1.54) is 5.56 Å². The van der Waals surface area contributed by atoms with E-state index in [1.54, 1.807) is 12.4 Å². The first-order valence-electron chi connectivity index (χ1n) is 10.9. The number of anilines is 1. The Morgan fingerprint density at radius 1 is 0.938 bits per heavy atom. The molecule has 2 N–H and O–H groups in total. The molecule has 5 aromatic rings. The van der Waals surface area contributed by atoms with Gasteiger partial charge in [0.1, 0.15) is 22.8 Å². The summed E-state index contributed by atoms with van der Waals surface area (Å²) in [7, 11) is 0. The first kappa shape index (κ1) is 20.0. The van der Waals surface area contributed by atoms with Crippen LogP contribution in [0.1, 0.15) is 31.2 Å². The van der Waals surface area contributed by atoms with Gasteiger partial charge in [0.25, 0.3) is 0 Å². The number of rotatable bonds is 7. The molecule has 0 saturated carbocycles. The van der Waals surface area contributed by atoms with Crippen LogP contribution in [0.4, 0.5) is 5.82 Å². The van der Waals surface area contributed by atoms with Crippen molar-refractivity contribution in [1.29, 1.82) is 0 Å². The molecule has 0 aliphatic heterocycles. The Morgan fingerprint density at radius 2 is 1.78 bits per heavy atom. The maximum absolute atomic E-state index is 6.31. The number of imidazole rings is 1. The fourth-order valence-electron chi connectivity index (χ4n) is 3.99. The maximum Gasteiger partial charge on any atom is 0.152 e. The van der Waals surface area contributed by atoms with E-state index in [0.717, 1.165) is 58.5 Å². The van der Waals surface area contributed by atoms with Crippen LogP contribution in [0.3, 0.4) is 0 Å². The van der Waals surface area contributed by atoms with E-state index in [9.17, 15) is 0 Å². The minimum Gasteiger partial charge on any atom is -0.456 e. The topological polar surface area (TPSA) is 78.8 Å². The molecule has 0 amide bonds. The summed E-state index contributed by atoms with van der Waals surface area (Å²) in [4.78, 5) is 13.6. The number of aromatic nitrogens is 4. The number of hydrogen-bond donors (Lipinski definition) is 1. The second-order valence-electron chi connectivity index (χ2n) is 7.86. The van der Waals surface area contributed by atoms with Gasteiger partial charge in [-0.3, -0.25) is 4.98 Å². The Morgan fingerprint density at radius 3 is 2.56 bits per heavy atom. The van der Waals surface area contributed by atoms with Crippen LogP contribution in [-0.2, 0) is 13.0 Å². The van der Waals surface area contributed by atoms with E-state index in [0.29, 0.717) is 12.4 Å². The molecule has 0 atom stereocenters. The van der Waals surface area contributed by atoms with Gasteiger partial charge >= 0.3 is 0 Å². The average molecular weight is 424 g/mol. The lowest BCUT2D eigenvalue weighted by Crippen LogP contribution is -2.06. The Labute approximate surface area is 186 Å². The number of ether oxygens (including phenoxy) is 1. The summed E-state index contributed by atoms with van der Waals surface area (Å²) in [6.45, 7) is 2.90. The van der Waals surface area contributed by atoms with Crippen LogP contribution in [0.5, 0.6) is 11.5 Å². The van der Waals surface area contributed by atoms with E-state index >= 15 is 0 Å². The molecular weight excluding hydrogens is 398 g/mol. The molecule has 6 nitrogen and oxygen atoms in total. The van der Waals surface area contributed by atoms with E-state index in [1.807, 2.05) is 42.5 Å². The van der Waals surface area contributed by atoms with Crippen LogP contribution in [0.25, 0.3) is 21.9 Å². The molecule has 0 unspecified atom stereocenters. The molecule has 0 saturated heterocycles. The summed E-state index contributed by atoms with van der Waals surface area (Å²) in [5, 5.41) is 1.07. The highest BCUT2D eigenvalue weighted by Crippen LogP contribution is 2.30. The molecule has 0 spiro atoms. The number of unbranched alkanes of at least 4 members (excludes halogenated alkanes) is 1. The third-order valence-corrected chi connectivity index (χ3v) is 5.58. The number of hydrogen-bond acceptors (Lipinski definition) is 5. The average Bonchev–Trinajstić information content (AvgIpc) is 3.19. The van der Waals surface area contributed by atoms with Crippen LogP contribution in [0.2, 0.25) is 0 Å². The predicted octanol–water partition coefficient (Wildman–Crippen LogP) is 5.74. The molecule has 2 aromatic carbocycles. The SMILES string of the molecule is CCCCc1nc2c(N)nc3ccccc3c2n1Cc1ccc(Oc2cccnc2)cc1. The number of para-hydroxylation sites is 1. The van der Waals surface area contributed by atoms with E-state index in [-0.39, 0.29) is 0 Å². The Hall–Kier alpha value is -3.93. The number of nitrogens with two attached hydrogens (primary N) is 1. The Kier molecular flexibility index (Phi) is 5.42. The van der Waals surface area contributed by atoms with E-state index < -0.39 is 0 Å². The van der Waals surface area contributed by atoms with Crippen LogP contribution in [0, 0.1) is 0 Å². The summed E-state index contributed by atoms with van der Waals surface area (Å²) in [6.07, 6.45) is 6.52. The Bertz CT molecular complexity index is 1360. The molecular formula is C26H25N5O. The first-order valence-corrected chi connectivity index (χ1v) is 10.9. The normalized spacial score (nSPS) is 11.3. The van der Waals surface area contributed by atoms with Crippen molar-refractivity contribution >= 4 is 27.8 Å². The van der Waals surface area contributed by atoms with Crippen LogP contribution < -0.4 is 10.5 Å². The van der Waals surface area contributed by atoms with Gasteiger partial charge in [0.05, 0.1) is 17.2 Å². The monoisotopic (exact) mass is 423 g/mol. The standard InChI is InChI=1S/C26H25N5O/c1-2-3-10-23-30-24-25(21-8-4-5-9-22(21)29-26(24)27)31(23)17-18-11-13-19(14-12-18)32-20-7-6-15-28-16-20/h4-9,11-16H,2-3,10,17H2,1H3,(H2,27,29). The molecule has 0 fully saturated rings. The third kappa shape index (κ3) is 3.87. The number of pyridine rings is 2. The zero-order valence-corrected chi connectivity index (χ0v) is 18.0. The number of fused-ring (bicyclic) bond motifs is 3. The lowest BCUT2D eigenvalue weighted by atomic mass is 10.1. The van der Waals surface area contributed by atoms with Crippen LogP contribution in [-0.4, -0.2) is 19.5 Å². The van der Waals surface area contributed by atoms with Crippen molar-refractivity contribution in [3.63, 3.8) is 0 Å². The van der Waals surface area contributed by atoms with Gasteiger partial charge in [0.15, 0.2) is 5.82 Å². The smallest absolute Gasteiger partial charge is 0.152 e. The van der Waals surface area contributed by atoms with Crippen molar-refractivity contribution in [2.45, 2.75) is 32.7 Å². The third-order valence-electron chi connectivity index (χ3n) is 5.58. The highest BCUT2D eigenvalue weighted by molar-refractivity contribution is 6.06. The highest BCUT2D eigenvalue weighted by atomic mass is 16.5. The summed E-state index contributed by atoms with van der Waals surface area (Å²) in [6, 6.07) is 20.0. The molecule has 0 aliphatic rings. The maximum atomic E-state index is 6.31. The van der Waals surface area contributed by atoms with Gasteiger partial charge in [-0.25, -0.2) is 9.97 Å². The first-order chi connectivity index (χ1) is 15.7. The van der Waals surface area contributed by atoms with Gasteiger partial charge in [-0.05, 0) is 42.3 Å². The molecule has 3 aromatic heterocycles. The number of nitrogens with zero attached hydrogens (tertiary/aromatic N) is 4. The van der Waals surface area contributed by atoms with Crippen molar-refractivity contribution < 1.29 is 4.74 Å². The zero-order chi connectivity index (χ0) is 21.9. The van der Waals surface area contributed by atoms with Gasteiger partial charge in [-0.2, -0.15) is 0 Å². The van der Waals surface area contributed by atoms with Crippen LogP contribution >= 0.6 is 0 Å². The predicted molar refractivity (Wildman–Crippen MR) is 128 cm³/mol. The number of aryl methyl sites for hydroxylation is 1. The quantitative estimate of drug-likeness (QED) is 0.361. The lowest BCUT2D eigenvalue weighted by Gasteiger charge is -2.12. The molecule has 3 heterocycles. The summed E-state index contributed by atoms with van der Waals surface area (Å²) in [5.41, 5.74) is 10.2. The molecule has 5 rings (SSSR count). The van der Waals surface area contributed by atoms with Crippen molar-refractivity contribution in [3.8, 4) is 11.5 Å². The van der Waals surface area contributed by atoms with Crippen LogP contribution in [0.15, 0.2) is 73.1 Å². The van der Waals surface area contributed by atoms with Gasteiger partial charge in [-0.1, -0.05) is 43.7 Å². The minimum absolute atomic E-state index is 0.482. The Balaban J connectivity index is 1.54. The second-order valence-corrected chi connectivity index (χ2v) is 7.86. The van der Waals surface area contributed by atoms with Gasteiger partial charge in [0, 0.05) is 24.5 Å². The van der Waals surface area contributed by atoms with Crippen molar-refractivity contribution in [2.24, 2.45) is 0 Å². The zero-order valence-electron chi connectivity index (χ0n) is 18.0. The molecule has 6 heteroatoms. The van der Waals surface area contributed by atoms with Gasteiger partial charge in [0.2, 0.25) is 0 Å². The second kappa shape index (κ2) is 8.67. The molecule has 32 heavy (non-hydrogen) atoms. The summed E-state index contributed by atoms with van der Waals surface area (Å²) >= 11 is 0. The van der Waals surface area contributed by atoms with E-state index in [2.05, 4.69) is 39.7 Å². The molecule has 0 radical (unpaired) electrons. The van der Waals surface area contributed by atoms with Crippen molar-refractivity contribution in [3.05, 3.63) is 84.4 Å². The lowest BCUT2D eigenvalue weighted by molar-refractivity contribution is 0.480. The van der Waals surface area contributed by atoms with Crippen molar-refractivity contribution in [1.82, 2.24) is 19.5 Å². The minimum atomic E-state index is 0.482. The molecule has 0 bridgehead atoms.